The van der Waals surface area contributed by atoms with Crippen molar-refractivity contribution in [1.29, 1.82) is 0 Å². The Morgan fingerprint density at radius 3 is 3.12 bits per heavy atom. The molecule has 90 valence electrons. The Kier molecular flexibility index (Phi) is 2.41. The van der Waals surface area contributed by atoms with Gasteiger partial charge in [0.25, 0.3) is 0 Å². The third kappa shape index (κ3) is 1.63. The van der Waals surface area contributed by atoms with Gasteiger partial charge in [-0.05, 0) is 6.42 Å². The Morgan fingerprint density at radius 1 is 1.47 bits per heavy atom. The molecule has 0 amide bonds. The van der Waals surface area contributed by atoms with Crippen LogP contribution in [-0.2, 0) is 4.74 Å². The topological polar surface area (TPSA) is 99.1 Å². The number of hydrogen-bond donors (Lipinski definition) is 2. The number of anilines is 1. The molecule has 0 radical (unpaired) electrons. The highest BCUT2D eigenvalue weighted by Crippen LogP contribution is 2.30. The van der Waals surface area contributed by atoms with Crippen molar-refractivity contribution in [2.75, 3.05) is 18.9 Å². The minimum Gasteiger partial charge on any atom is -0.396 e. The van der Waals surface area contributed by atoms with Crippen LogP contribution in [0.2, 0.25) is 0 Å². The molecule has 1 fully saturated rings. The van der Waals surface area contributed by atoms with E-state index in [4.69, 9.17) is 15.6 Å². The highest BCUT2D eigenvalue weighted by molar-refractivity contribution is 5.81. The molecule has 0 aliphatic carbocycles. The van der Waals surface area contributed by atoms with Crippen molar-refractivity contribution in [2.45, 2.75) is 12.6 Å². The highest BCUT2D eigenvalue weighted by atomic mass is 16.5. The van der Waals surface area contributed by atoms with Gasteiger partial charge in [-0.1, -0.05) is 0 Å². The first-order valence-electron chi connectivity index (χ1n) is 5.45. The molecule has 3 rings (SSSR count). The summed E-state index contributed by atoms with van der Waals surface area (Å²) in [6.07, 6.45) is 3.69. The SMILES string of the molecule is Nc1ncnc2c1ncn2[C@@H]1C[C@H](CO)CO1. The van der Waals surface area contributed by atoms with Gasteiger partial charge in [0, 0.05) is 12.5 Å². The predicted octanol–water partition coefficient (Wildman–Crippen LogP) is -0.0641. The van der Waals surface area contributed by atoms with Gasteiger partial charge in [-0.3, -0.25) is 4.57 Å². The van der Waals surface area contributed by atoms with Crippen molar-refractivity contribution in [1.82, 2.24) is 19.5 Å². The Labute approximate surface area is 97.3 Å². The number of nitrogens with zero attached hydrogens (tertiary/aromatic N) is 4. The summed E-state index contributed by atoms with van der Waals surface area (Å²) in [4.78, 5) is 12.2. The minimum absolute atomic E-state index is 0.133. The van der Waals surface area contributed by atoms with Crippen LogP contribution in [0.15, 0.2) is 12.7 Å². The molecule has 1 saturated heterocycles. The number of aliphatic hydroxyl groups is 1. The number of hydrogen-bond acceptors (Lipinski definition) is 6. The number of imidazole rings is 1. The molecule has 2 aromatic rings. The molecule has 2 aromatic heterocycles. The minimum atomic E-state index is -0.133. The lowest BCUT2D eigenvalue weighted by Crippen LogP contribution is -2.08. The van der Waals surface area contributed by atoms with Crippen LogP contribution in [-0.4, -0.2) is 37.8 Å². The lowest BCUT2D eigenvalue weighted by molar-refractivity contribution is 0.0551. The van der Waals surface area contributed by atoms with Crippen molar-refractivity contribution >= 4 is 17.0 Å². The van der Waals surface area contributed by atoms with Crippen molar-refractivity contribution in [2.24, 2.45) is 5.92 Å². The fourth-order valence-electron chi connectivity index (χ4n) is 2.07. The van der Waals surface area contributed by atoms with Gasteiger partial charge in [-0.2, -0.15) is 0 Å². The van der Waals surface area contributed by atoms with Crippen molar-refractivity contribution in [3.05, 3.63) is 12.7 Å². The number of aliphatic hydroxyl groups excluding tert-OH is 1. The molecule has 1 aliphatic heterocycles. The number of ether oxygens (including phenoxy) is 1. The lowest BCUT2D eigenvalue weighted by Gasteiger charge is -2.11. The number of rotatable bonds is 2. The molecule has 0 saturated carbocycles. The quantitative estimate of drug-likeness (QED) is 0.756. The normalized spacial score (nSPS) is 24.5. The predicted molar refractivity (Wildman–Crippen MR) is 59.9 cm³/mol. The highest BCUT2D eigenvalue weighted by Gasteiger charge is 2.27. The molecule has 0 spiro atoms. The number of nitrogen functional groups attached to an aromatic ring is 1. The van der Waals surface area contributed by atoms with Gasteiger partial charge >= 0.3 is 0 Å². The molecular weight excluding hydrogens is 222 g/mol. The monoisotopic (exact) mass is 235 g/mol. The average molecular weight is 235 g/mol. The van der Waals surface area contributed by atoms with E-state index in [2.05, 4.69) is 15.0 Å². The van der Waals surface area contributed by atoms with E-state index in [9.17, 15) is 0 Å². The Morgan fingerprint density at radius 2 is 2.35 bits per heavy atom. The zero-order valence-corrected chi connectivity index (χ0v) is 9.15. The second-order valence-corrected chi connectivity index (χ2v) is 4.16. The summed E-state index contributed by atoms with van der Waals surface area (Å²) in [6, 6.07) is 0. The van der Waals surface area contributed by atoms with E-state index in [1.165, 1.54) is 6.33 Å². The van der Waals surface area contributed by atoms with E-state index in [1.807, 2.05) is 4.57 Å². The van der Waals surface area contributed by atoms with Crippen molar-refractivity contribution in [3.63, 3.8) is 0 Å². The second-order valence-electron chi connectivity index (χ2n) is 4.16. The molecule has 3 heterocycles. The van der Waals surface area contributed by atoms with E-state index >= 15 is 0 Å². The van der Waals surface area contributed by atoms with Gasteiger partial charge < -0.3 is 15.6 Å². The number of nitrogens with two attached hydrogens (primary N) is 1. The maximum Gasteiger partial charge on any atom is 0.167 e. The second kappa shape index (κ2) is 3.94. The van der Waals surface area contributed by atoms with E-state index in [1.54, 1.807) is 6.33 Å². The van der Waals surface area contributed by atoms with Gasteiger partial charge in [0.1, 0.15) is 18.1 Å². The van der Waals surface area contributed by atoms with Crippen molar-refractivity contribution < 1.29 is 9.84 Å². The summed E-state index contributed by atoms with van der Waals surface area (Å²) >= 11 is 0. The zero-order chi connectivity index (χ0) is 11.8. The average Bonchev–Trinajstić information content (AvgIpc) is 2.94. The van der Waals surface area contributed by atoms with Crippen LogP contribution >= 0.6 is 0 Å². The van der Waals surface area contributed by atoms with Gasteiger partial charge in [0.05, 0.1) is 12.9 Å². The standard InChI is InChI=1S/C10H13N5O2/c11-9-8-10(13-4-12-9)15(5-14-8)7-1-6(2-16)3-17-7/h4-7,16H,1-3H2,(H2,11,12,13)/t6-,7+/m1/s1. The van der Waals surface area contributed by atoms with Crippen LogP contribution in [0, 0.1) is 5.92 Å². The van der Waals surface area contributed by atoms with Crippen molar-refractivity contribution in [3.8, 4) is 0 Å². The van der Waals surface area contributed by atoms with Crippen LogP contribution in [0.25, 0.3) is 11.2 Å². The lowest BCUT2D eigenvalue weighted by atomic mass is 10.1. The van der Waals surface area contributed by atoms with E-state index in [0.29, 0.717) is 23.6 Å². The Bertz CT molecular complexity index is 540. The molecule has 3 N–H and O–H groups in total. The maximum atomic E-state index is 9.09. The third-order valence-corrected chi connectivity index (χ3v) is 3.01. The van der Waals surface area contributed by atoms with Crippen LogP contribution in [0.4, 0.5) is 5.82 Å². The molecule has 7 nitrogen and oxygen atoms in total. The fraction of sp³-hybridized carbons (Fsp3) is 0.500. The zero-order valence-electron chi connectivity index (χ0n) is 9.15. The first-order valence-corrected chi connectivity index (χ1v) is 5.45. The summed E-state index contributed by atoms with van der Waals surface area (Å²) in [5.74, 6) is 0.544. The Balaban J connectivity index is 1.99. The fourth-order valence-corrected chi connectivity index (χ4v) is 2.07. The molecule has 0 unspecified atom stereocenters. The van der Waals surface area contributed by atoms with E-state index < -0.39 is 0 Å². The van der Waals surface area contributed by atoms with Crippen LogP contribution in [0.3, 0.4) is 0 Å². The molecule has 2 atom stereocenters. The summed E-state index contributed by atoms with van der Waals surface area (Å²) in [6.45, 7) is 0.696. The van der Waals surface area contributed by atoms with Gasteiger partial charge in [-0.15, -0.1) is 0 Å². The molecule has 1 aliphatic rings. The van der Waals surface area contributed by atoms with E-state index in [-0.39, 0.29) is 18.8 Å². The largest absolute Gasteiger partial charge is 0.396 e. The first kappa shape index (κ1) is 10.4. The summed E-state index contributed by atoms with van der Waals surface area (Å²) in [5.41, 5.74) is 6.97. The Hall–Kier alpha value is -1.73. The van der Waals surface area contributed by atoms with Crippen LogP contribution in [0.1, 0.15) is 12.6 Å². The molecule has 7 heteroatoms. The number of fused-ring (bicyclic) bond motifs is 1. The molecule has 0 aromatic carbocycles. The molecular formula is C10H13N5O2. The maximum absolute atomic E-state index is 9.09. The van der Waals surface area contributed by atoms with Crippen LogP contribution < -0.4 is 5.73 Å². The van der Waals surface area contributed by atoms with E-state index in [0.717, 1.165) is 6.42 Å². The smallest absolute Gasteiger partial charge is 0.167 e. The molecule has 0 bridgehead atoms. The third-order valence-electron chi connectivity index (χ3n) is 3.01. The summed E-state index contributed by atoms with van der Waals surface area (Å²) in [7, 11) is 0. The number of aromatic nitrogens is 4. The summed E-state index contributed by atoms with van der Waals surface area (Å²) < 4.78 is 7.45. The first-order chi connectivity index (χ1) is 8.29. The molecule has 17 heavy (non-hydrogen) atoms. The summed E-state index contributed by atoms with van der Waals surface area (Å²) in [5, 5.41) is 9.09. The van der Waals surface area contributed by atoms with Crippen LogP contribution in [0.5, 0.6) is 0 Å². The van der Waals surface area contributed by atoms with Gasteiger partial charge in [0.2, 0.25) is 0 Å². The van der Waals surface area contributed by atoms with Gasteiger partial charge in [-0.25, -0.2) is 15.0 Å². The van der Waals surface area contributed by atoms with Gasteiger partial charge in [0.15, 0.2) is 11.5 Å².